The summed E-state index contributed by atoms with van der Waals surface area (Å²) in [4.78, 5) is 0. The lowest BCUT2D eigenvalue weighted by molar-refractivity contribution is 0.414. The molecular weight excluding hydrogens is 210 g/mol. The highest BCUT2D eigenvalue weighted by Crippen LogP contribution is 2.27. The van der Waals surface area contributed by atoms with E-state index >= 15 is 0 Å². The number of nitrogens with zero attached hydrogens (tertiary/aromatic N) is 1. The standard InChI is InChI=1S/C15H13NO/c1-11-8-14(17-2)6-7-15(11)13-5-3-4-12(9-13)10-16/h3-9H,1-2H3. The van der Waals surface area contributed by atoms with Gasteiger partial charge in [0, 0.05) is 0 Å². The molecule has 0 unspecified atom stereocenters. The highest BCUT2D eigenvalue weighted by molar-refractivity contribution is 5.69. The third kappa shape index (κ3) is 2.29. The van der Waals surface area contributed by atoms with Crippen LogP contribution in [0.25, 0.3) is 11.1 Å². The van der Waals surface area contributed by atoms with Crippen LogP contribution in [0.15, 0.2) is 42.5 Å². The maximum absolute atomic E-state index is 8.89. The van der Waals surface area contributed by atoms with Gasteiger partial charge in [-0.3, -0.25) is 0 Å². The van der Waals surface area contributed by atoms with E-state index in [0.717, 1.165) is 22.4 Å². The van der Waals surface area contributed by atoms with Crippen LogP contribution in [0.1, 0.15) is 11.1 Å². The van der Waals surface area contributed by atoms with Crippen molar-refractivity contribution < 1.29 is 4.74 Å². The summed E-state index contributed by atoms with van der Waals surface area (Å²) in [5, 5.41) is 8.89. The van der Waals surface area contributed by atoms with Gasteiger partial charge in [-0.15, -0.1) is 0 Å². The average Bonchev–Trinajstić information content (AvgIpc) is 2.38. The number of methoxy groups -OCH3 is 1. The highest BCUT2D eigenvalue weighted by atomic mass is 16.5. The van der Waals surface area contributed by atoms with Gasteiger partial charge in [0.2, 0.25) is 0 Å². The number of ether oxygens (including phenoxy) is 1. The molecule has 0 heterocycles. The fraction of sp³-hybridized carbons (Fsp3) is 0.133. The van der Waals surface area contributed by atoms with Crippen LogP contribution in [0, 0.1) is 18.3 Å². The largest absolute Gasteiger partial charge is 0.497 e. The van der Waals surface area contributed by atoms with Crippen LogP contribution in [0.2, 0.25) is 0 Å². The predicted molar refractivity (Wildman–Crippen MR) is 67.9 cm³/mol. The summed E-state index contributed by atoms with van der Waals surface area (Å²) in [5.74, 6) is 0.850. The first kappa shape index (κ1) is 11.2. The summed E-state index contributed by atoms with van der Waals surface area (Å²) in [7, 11) is 1.66. The number of nitriles is 1. The molecule has 2 aromatic carbocycles. The summed E-state index contributed by atoms with van der Waals surface area (Å²) < 4.78 is 5.18. The van der Waals surface area contributed by atoms with Crippen molar-refractivity contribution >= 4 is 0 Å². The molecule has 0 spiro atoms. The zero-order valence-corrected chi connectivity index (χ0v) is 9.90. The van der Waals surface area contributed by atoms with Crippen LogP contribution in [-0.2, 0) is 0 Å². The maximum Gasteiger partial charge on any atom is 0.119 e. The molecule has 2 nitrogen and oxygen atoms in total. The topological polar surface area (TPSA) is 33.0 Å². The fourth-order valence-corrected chi connectivity index (χ4v) is 1.84. The first-order chi connectivity index (χ1) is 8.24. The Balaban J connectivity index is 2.49. The molecule has 0 aliphatic rings. The molecule has 2 rings (SSSR count). The lowest BCUT2D eigenvalue weighted by atomic mass is 9.99. The summed E-state index contributed by atoms with van der Waals surface area (Å²) >= 11 is 0. The van der Waals surface area contributed by atoms with E-state index in [1.165, 1.54) is 0 Å². The van der Waals surface area contributed by atoms with Crippen LogP contribution in [0.5, 0.6) is 5.75 Å². The van der Waals surface area contributed by atoms with Gasteiger partial charge >= 0.3 is 0 Å². The Hall–Kier alpha value is -2.27. The van der Waals surface area contributed by atoms with Crippen LogP contribution in [0.4, 0.5) is 0 Å². The van der Waals surface area contributed by atoms with E-state index < -0.39 is 0 Å². The molecule has 0 aliphatic carbocycles. The van der Waals surface area contributed by atoms with Gasteiger partial charge in [-0.25, -0.2) is 0 Å². The maximum atomic E-state index is 8.89. The van der Waals surface area contributed by atoms with Gasteiger partial charge < -0.3 is 4.74 Å². The number of rotatable bonds is 2. The summed E-state index contributed by atoms with van der Waals surface area (Å²) in [5.41, 5.74) is 4.00. The Kier molecular flexibility index (Phi) is 3.11. The van der Waals surface area contributed by atoms with E-state index in [-0.39, 0.29) is 0 Å². The van der Waals surface area contributed by atoms with Crippen molar-refractivity contribution in [1.82, 2.24) is 0 Å². The molecule has 0 radical (unpaired) electrons. The molecule has 0 N–H and O–H groups in total. The van der Waals surface area contributed by atoms with E-state index in [1.54, 1.807) is 7.11 Å². The van der Waals surface area contributed by atoms with Gasteiger partial charge in [0.25, 0.3) is 0 Å². The van der Waals surface area contributed by atoms with Crippen LogP contribution in [0.3, 0.4) is 0 Å². The Morgan fingerprint density at radius 2 is 1.94 bits per heavy atom. The highest BCUT2D eigenvalue weighted by Gasteiger charge is 2.04. The van der Waals surface area contributed by atoms with Gasteiger partial charge in [-0.05, 0) is 47.9 Å². The van der Waals surface area contributed by atoms with E-state index in [4.69, 9.17) is 10.00 Å². The second-order valence-corrected chi connectivity index (χ2v) is 3.87. The minimum absolute atomic E-state index is 0.678. The number of hydrogen-bond donors (Lipinski definition) is 0. The predicted octanol–water partition coefficient (Wildman–Crippen LogP) is 3.54. The molecule has 2 aromatic rings. The average molecular weight is 223 g/mol. The third-order valence-electron chi connectivity index (χ3n) is 2.74. The Morgan fingerprint density at radius 1 is 1.12 bits per heavy atom. The van der Waals surface area contributed by atoms with Gasteiger partial charge in [0.05, 0.1) is 18.7 Å². The van der Waals surface area contributed by atoms with E-state index in [2.05, 4.69) is 6.07 Å². The first-order valence-corrected chi connectivity index (χ1v) is 5.40. The molecule has 0 saturated carbocycles. The molecule has 0 saturated heterocycles. The molecule has 84 valence electrons. The van der Waals surface area contributed by atoms with Crippen molar-refractivity contribution in [3.63, 3.8) is 0 Å². The molecular formula is C15H13NO. The number of hydrogen-bond acceptors (Lipinski definition) is 2. The van der Waals surface area contributed by atoms with Crippen molar-refractivity contribution in [2.75, 3.05) is 7.11 Å². The smallest absolute Gasteiger partial charge is 0.119 e. The molecule has 0 fully saturated rings. The van der Waals surface area contributed by atoms with Gasteiger partial charge in [-0.2, -0.15) is 5.26 Å². The second kappa shape index (κ2) is 4.71. The van der Waals surface area contributed by atoms with Crippen LogP contribution < -0.4 is 4.74 Å². The molecule has 0 amide bonds. The summed E-state index contributed by atoms with van der Waals surface area (Å²) in [6.07, 6.45) is 0. The first-order valence-electron chi connectivity index (χ1n) is 5.40. The quantitative estimate of drug-likeness (QED) is 0.780. The Labute approximate surface area is 101 Å². The van der Waals surface area contributed by atoms with Crippen LogP contribution >= 0.6 is 0 Å². The fourth-order valence-electron chi connectivity index (χ4n) is 1.84. The molecule has 0 atom stereocenters. The lowest BCUT2D eigenvalue weighted by Gasteiger charge is -2.08. The van der Waals surface area contributed by atoms with Crippen molar-refractivity contribution in [2.45, 2.75) is 6.92 Å². The zero-order valence-electron chi connectivity index (χ0n) is 9.90. The minimum atomic E-state index is 0.678. The van der Waals surface area contributed by atoms with E-state index in [0.29, 0.717) is 5.56 Å². The van der Waals surface area contributed by atoms with Gasteiger partial charge in [0.15, 0.2) is 0 Å². The van der Waals surface area contributed by atoms with Gasteiger partial charge in [0.1, 0.15) is 5.75 Å². The van der Waals surface area contributed by atoms with Crippen LogP contribution in [-0.4, -0.2) is 7.11 Å². The molecule has 2 heteroatoms. The molecule has 17 heavy (non-hydrogen) atoms. The summed E-state index contributed by atoms with van der Waals surface area (Å²) in [6.45, 7) is 2.04. The zero-order chi connectivity index (χ0) is 12.3. The SMILES string of the molecule is COc1ccc(-c2cccc(C#N)c2)c(C)c1. The van der Waals surface area contributed by atoms with E-state index in [9.17, 15) is 0 Å². The lowest BCUT2D eigenvalue weighted by Crippen LogP contribution is -1.87. The Bertz CT molecular complexity index is 582. The van der Waals surface area contributed by atoms with Gasteiger partial charge in [-0.1, -0.05) is 18.2 Å². The normalized spacial score (nSPS) is 9.71. The van der Waals surface area contributed by atoms with Crippen molar-refractivity contribution in [3.05, 3.63) is 53.6 Å². The molecule has 0 bridgehead atoms. The molecule has 0 aromatic heterocycles. The van der Waals surface area contributed by atoms with Crippen molar-refractivity contribution in [3.8, 4) is 22.9 Å². The summed E-state index contributed by atoms with van der Waals surface area (Å²) in [6, 6.07) is 15.7. The number of aryl methyl sites for hydroxylation is 1. The minimum Gasteiger partial charge on any atom is -0.497 e. The monoisotopic (exact) mass is 223 g/mol. The van der Waals surface area contributed by atoms with Crippen molar-refractivity contribution in [1.29, 1.82) is 5.26 Å². The third-order valence-corrected chi connectivity index (χ3v) is 2.74. The molecule has 0 aliphatic heterocycles. The Morgan fingerprint density at radius 3 is 2.59 bits per heavy atom. The number of benzene rings is 2. The van der Waals surface area contributed by atoms with Crippen molar-refractivity contribution in [2.24, 2.45) is 0 Å². The van der Waals surface area contributed by atoms with E-state index in [1.807, 2.05) is 49.4 Å². The second-order valence-electron chi connectivity index (χ2n) is 3.87.